The van der Waals surface area contributed by atoms with E-state index in [9.17, 15) is 32.7 Å². The first-order valence-corrected chi connectivity index (χ1v) is 14.4. The first-order chi connectivity index (χ1) is 20.2. The number of nitrogens with one attached hydrogen (secondary N) is 2. The number of aliphatic hydroxyl groups is 1. The summed E-state index contributed by atoms with van der Waals surface area (Å²) in [6.07, 6.45) is -1.25. The highest BCUT2D eigenvalue weighted by Crippen LogP contribution is 2.51. The van der Waals surface area contributed by atoms with E-state index in [1.54, 1.807) is 10.7 Å². The van der Waals surface area contributed by atoms with Crippen molar-refractivity contribution in [3.63, 3.8) is 0 Å². The van der Waals surface area contributed by atoms with Crippen LogP contribution in [-0.2, 0) is 9.59 Å². The summed E-state index contributed by atoms with van der Waals surface area (Å²) in [5, 5.41) is 20.3. The second-order valence-corrected chi connectivity index (χ2v) is 11.9. The number of rotatable bonds is 14. The number of carbonyl (C=O) groups excluding carboxylic acids is 3. The lowest BCUT2D eigenvalue weighted by Gasteiger charge is -2.31. The molecule has 0 spiro atoms. The standard InChI is InChI=1S/C29H38F4N6O4/c1-15(2)39-22(10-11-35-39)26(41)37-25(24(17-4-5-17)18-6-7-18)27(42)36-21-9-8-19(12-20(21)30)16(3)28(43)38(13-23(34)40)14-29(31,32)33/h8-12,15-18,24-25,28,43H,4-7,13-14H2,1-3H3,(H2,34,40)(H,36,42)(H,37,41)/t16?,25-,28?/m0/s1. The number of nitrogens with two attached hydrogens (primary N) is 1. The molecule has 1 aromatic heterocycles. The molecule has 2 aliphatic rings. The molecule has 236 valence electrons. The fourth-order valence-electron chi connectivity index (χ4n) is 5.64. The van der Waals surface area contributed by atoms with E-state index >= 15 is 4.39 Å². The second-order valence-electron chi connectivity index (χ2n) is 11.9. The summed E-state index contributed by atoms with van der Waals surface area (Å²) in [6.45, 7) is 2.69. The van der Waals surface area contributed by atoms with Crippen molar-refractivity contribution in [1.82, 2.24) is 20.0 Å². The zero-order chi connectivity index (χ0) is 31.6. The number of hydrogen-bond donors (Lipinski definition) is 4. The molecule has 4 rings (SSSR count). The number of aromatic nitrogens is 2. The van der Waals surface area contributed by atoms with E-state index in [2.05, 4.69) is 15.7 Å². The SMILES string of the molecule is CC(c1ccc(NC(=O)[C@@H](NC(=O)c2ccnn2C(C)C)C(C2CC2)C2CC2)c(F)c1)C(O)N(CC(N)=O)CC(F)(F)F. The number of hydrogen-bond acceptors (Lipinski definition) is 6. The van der Waals surface area contributed by atoms with Crippen LogP contribution in [0.15, 0.2) is 30.5 Å². The topological polar surface area (TPSA) is 143 Å². The number of nitrogens with zero attached hydrogens (tertiary/aromatic N) is 3. The zero-order valence-corrected chi connectivity index (χ0v) is 24.3. The van der Waals surface area contributed by atoms with Gasteiger partial charge in [-0.25, -0.2) is 4.39 Å². The van der Waals surface area contributed by atoms with Gasteiger partial charge in [-0.1, -0.05) is 13.0 Å². The van der Waals surface area contributed by atoms with Crippen molar-refractivity contribution in [1.29, 1.82) is 0 Å². The fraction of sp³-hybridized carbons (Fsp3) is 0.586. The lowest BCUT2D eigenvalue weighted by Crippen LogP contribution is -2.50. The van der Waals surface area contributed by atoms with Gasteiger partial charge >= 0.3 is 6.18 Å². The van der Waals surface area contributed by atoms with Gasteiger partial charge in [0.05, 0.1) is 18.8 Å². The molecule has 0 radical (unpaired) electrons. The Morgan fingerprint density at radius 2 is 1.74 bits per heavy atom. The van der Waals surface area contributed by atoms with Crippen LogP contribution in [0.1, 0.15) is 74.5 Å². The molecule has 2 unspecified atom stereocenters. The van der Waals surface area contributed by atoms with E-state index in [0.717, 1.165) is 31.7 Å². The third-order valence-electron chi connectivity index (χ3n) is 8.02. The molecule has 1 aromatic carbocycles. The molecular weight excluding hydrogens is 572 g/mol. The summed E-state index contributed by atoms with van der Waals surface area (Å²) in [5.74, 6) is -3.60. The Labute approximate surface area is 247 Å². The van der Waals surface area contributed by atoms with Crippen LogP contribution in [0, 0.1) is 23.6 Å². The Morgan fingerprint density at radius 1 is 1.12 bits per heavy atom. The predicted molar refractivity (Wildman–Crippen MR) is 149 cm³/mol. The summed E-state index contributed by atoms with van der Waals surface area (Å²) in [5.41, 5.74) is 5.32. The maximum Gasteiger partial charge on any atom is 0.401 e. The lowest BCUT2D eigenvalue weighted by molar-refractivity contribution is -0.170. The van der Waals surface area contributed by atoms with Crippen LogP contribution in [0.4, 0.5) is 23.2 Å². The normalized spacial score (nSPS) is 17.7. The number of anilines is 1. The second kappa shape index (κ2) is 13.0. The monoisotopic (exact) mass is 610 g/mol. The van der Waals surface area contributed by atoms with Crippen LogP contribution >= 0.6 is 0 Å². The average molecular weight is 611 g/mol. The third kappa shape index (κ3) is 8.31. The highest BCUT2D eigenvalue weighted by molar-refractivity contribution is 6.00. The quantitative estimate of drug-likeness (QED) is 0.190. The maximum absolute atomic E-state index is 15.3. The number of alkyl halides is 3. The number of amides is 3. The Bertz CT molecular complexity index is 1310. The fourth-order valence-corrected chi connectivity index (χ4v) is 5.64. The van der Waals surface area contributed by atoms with Crippen LogP contribution in [0.5, 0.6) is 0 Å². The van der Waals surface area contributed by atoms with E-state index in [4.69, 9.17) is 5.73 Å². The minimum absolute atomic E-state index is 0.0875. The summed E-state index contributed by atoms with van der Waals surface area (Å²) < 4.78 is 55.9. The first kappa shape index (κ1) is 32.4. The molecule has 0 saturated heterocycles. The predicted octanol–water partition coefficient (Wildman–Crippen LogP) is 3.55. The molecule has 0 aliphatic heterocycles. The van der Waals surface area contributed by atoms with Crippen molar-refractivity contribution in [3.05, 3.63) is 47.5 Å². The molecule has 2 aromatic rings. The number of carbonyl (C=O) groups is 3. The molecule has 14 heteroatoms. The van der Waals surface area contributed by atoms with Crippen molar-refractivity contribution in [2.75, 3.05) is 18.4 Å². The van der Waals surface area contributed by atoms with Crippen molar-refractivity contribution >= 4 is 23.4 Å². The highest BCUT2D eigenvalue weighted by Gasteiger charge is 2.48. The summed E-state index contributed by atoms with van der Waals surface area (Å²) in [4.78, 5) is 38.7. The van der Waals surface area contributed by atoms with Crippen LogP contribution in [-0.4, -0.2) is 69.0 Å². The van der Waals surface area contributed by atoms with Crippen LogP contribution in [0.2, 0.25) is 0 Å². The Hall–Kier alpha value is -3.52. The van der Waals surface area contributed by atoms with Gasteiger partial charge in [0.1, 0.15) is 23.8 Å². The molecule has 2 fully saturated rings. The molecule has 10 nitrogen and oxygen atoms in total. The molecule has 43 heavy (non-hydrogen) atoms. The number of aliphatic hydroxyl groups excluding tert-OH is 1. The summed E-state index contributed by atoms with van der Waals surface area (Å²) >= 11 is 0. The zero-order valence-electron chi connectivity index (χ0n) is 24.3. The van der Waals surface area contributed by atoms with Gasteiger partial charge in [0.15, 0.2) is 0 Å². The molecular formula is C29H38F4N6O4. The van der Waals surface area contributed by atoms with E-state index in [-0.39, 0.29) is 35.0 Å². The van der Waals surface area contributed by atoms with Gasteiger partial charge in [-0.05, 0) is 81.0 Å². The minimum atomic E-state index is -4.71. The van der Waals surface area contributed by atoms with Crippen molar-refractivity contribution in [3.8, 4) is 0 Å². The summed E-state index contributed by atoms with van der Waals surface area (Å²) in [7, 11) is 0. The summed E-state index contributed by atoms with van der Waals surface area (Å²) in [6, 6.07) is 4.19. The molecule has 3 atom stereocenters. The Kier molecular flexibility index (Phi) is 9.79. The molecule has 3 amide bonds. The van der Waals surface area contributed by atoms with Gasteiger partial charge in [0, 0.05) is 18.2 Å². The minimum Gasteiger partial charge on any atom is -0.378 e. The van der Waals surface area contributed by atoms with Gasteiger partial charge in [0.2, 0.25) is 11.8 Å². The Morgan fingerprint density at radius 3 is 2.26 bits per heavy atom. The number of halogens is 4. The molecule has 0 bridgehead atoms. The van der Waals surface area contributed by atoms with E-state index in [0.29, 0.717) is 10.6 Å². The molecule has 5 N–H and O–H groups in total. The van der Waals surface area contributed by atoms with Crippen LogP contribution in [0.3, 0.4) is 0 Å². The lowest BCUT2D eigenvalue weighted by atomic mass is 9.88. The van der Waals surface area contributed by atoms with Gasteiger partial charge in [-0.2, -0.15) is 18.3 Å². The van der Waals surface area contributed by atoms with Crippen LogP contribution in [0.25, 0.3) is 0 Å². The first-order valence-electron chi connectivity index (χ1n) is 14.4. The number of primary amides is 1. The highest BCUT2D eigenvalue weighted by atomic mass is 19.4. The van der Waals surface area contributed by atoms with Gasteiger partial charge in [0.25, 0.3) is 5.91 Å². The van der Waals surface area contributed by atoms with E-state index in [1.807, 2.05) is 13.8 Å². The Balaban J connectivity index is 1.52. The molecule has 2 aliphatic carbocycles. The van der Waals surface area contributed by atoms with Gasteiger partial charge < -0.3 is 21.5 Å². The van der Waals surface area contributed by atoms with Crippen molar-refractivity contribution in [2.45, 2.75) is 76.9 Å². The number of benzene rings is 1. The average Bonchev–Trinajstić information content (AvgIpc) is 3.86. The van der Waals surface area contributed by atoms with E-state index < -0.39 is 61.0 Å². The third-order valence-corrected chi connectivity index (χ3v) is 8.02. The van der Waals surface area contributed by atoms with Gasteiger partial charge in [-0.3, -0.25) is 24.0 Å². The smallest absolute Gasteiger partial charge is 0.378 e. The van der Waals surface area contributed by atoms with Crippen molar-refractivity contribution < 1.29 is 37.1 Å². The maximum atomic E-state index is 15.3. The van der Waals surface area contributed by atoms with Gasteiger partial charge in [-0.15, -0.1) is 0 Å². The van der Waals surface area contributed by atoms with E-state index in [1.165, 1.54) is 25.3 Å². The molecule has 2 saturated carbocycles. The van der Waals surface area contributed by atoms with Crippen molar-refractivity contribution in [2.24, 2.45) is 23.5 Å². The largest absolute Gasteiger partial charge is 0.401 e. The molecule has 1 heterocycles. The van der Waals surface area contributed by atoms with Crippen LogP contribution < -0.4 is 16.4 Å².